The monoisotopic (exact) mass is 357 g/mol. The van der Waals surface area contributed by atoms with Gasteiger partial charge in [-0.1, -0.05) is 23.5 Å². The van der Waals surface area contributed by atoms with Gasteiger partial charge in [-0.05, 0) is 36.0 Å². The largest absolute Gasteiger partial charge is 0.507 e. The number of anilines is 1. The van der Waals surface area contributed by atoms with Gasteiger partial charge in [-0.15, -0.1) is 0 Å². The predicted octanol–water partition coefficient (Wildman–Crippen LogP) is 2.39. The maximum Gasteiger partial charge on any atom is 0.339 e. The first-order chi connectivity index (χ1) is 10.5. The molecule has 0 unspecified atom stereocenters. The van der Waals surface area contributed by atoms with Gasteiger partial charge in [0.05, 0.1) is 5.75 Å². The Hall–Kier alpha value is -1.78. The standard InChI is InChI=1S/C12H11N3O4S3/c1-20-11-14-12(22-15-11)21-5-9(17)13-6-2-3-8(16)7(4-6)10(18)19/h2-4,16H,5H2,1H3,(H,13,17)(H,18,19). The number of phenols is 1. The SMILES string of the molecule is CSc1nsc(SCC(=O)Nc2ccc(O)c(C(=O)O)c2)n1. The van der Waals surface area contributed by atoms with E-state index in [2.05, 4.69) is 14.7 Å². The van der Waals surface area contributed by atoms with E-state index in [4.69, 9.17) is 5.11 Å². The lowest BCUT2D eigenvalue weighted by Crippen LogP contribution is -2.14. The number of carbonyl (C=O) groups excluding carboxylic acids is 1. The van der Waals surface area contributed by atoms with Crippen molar-refractivity contribution in [3.8, 4) is 5.75 Å². The van der Waals surface area contributed by atoms with Gasteiger partial charge >= 0.3 is 5.97 Å². The van der Waals surface area contributed by atoms with Gasteiger partial charge in [0.2, 0.25) is 11.1 Å². The summed E-state index contributed by atoms with van der Waals surface area (Å²) in [4.78, 5) is 26.9. The van der Waals surface area contributed by atoms with Gasteiger partial charge in [0.25, 0.3) is 0 Å². The van der Waals surface area contributed by atoms with Crippen LogP contribution in [0, 0.1) is 0 Å². The van der Waals surface area contributed by atoms with Crippen LogP contribution in [0.4, 0.5) is 5.69 Å². The van der Waals surface area contributed by atoms with Crippen molar-refractivity contribution in [3.05, 3.63) is 23.8 Å². The minimum absolute atomic E-state index is 0.131. The van der Waals surface area contributed by atoms with E-state index in [0.29, 0.717) is 15.2 Å². The molecule has 1 heterocycles. The minimum atomic E-state index is -1.26. The zero-order valence-corrected chi connectivity index (χ0v) is 13.7. The number of nitrogens with one attached hydrogen (secondary N) is 1. The topological polar surface area (TPSA) is 112 Å². The summed E-state index contributed by atoms with van der Waals surface area (Å²) < 4.78 is 4.78. The van der Waals surface area contributed by atoms with Gasteiger partial charge in [0.15, 0.2) is 4.34 Å². The molecule has 1 amide bonds. The van der Waals surface area contributed by atoms with Crippen LogP contribution in [0.2, 0.25) is 0 Å². The van der Waals surface area contributed by atoms with Crippen LogP contribution >= 0.6 is 35.1 Å². The number of aromatic carboxylic acids is 1. The summed E-state index contributed by atoms with van der Waals surface area (Å²) in [7, 11) is 0. The minimum Gasteiger partial charge on any atom is -0.507 e. The van der Waals surface area contributed by atoms with Crippen molar-refractivity contribution >= 4 is 52.6 Å². The maximum atomic E-state index is 11.8. The molecule has 10 heteroatoms. The number of amides is 1. The number of carbonyl (C=O) groups is 2. The van der Waals surface area contributed by atoms with E-state index in [1.165, 1.54) is 53.3 Å². The highest BCUT2D eigenvalue weighted by molar-refractivity contribution is 8.01. The first-order valence-corrected chi connectivity index (χ1v) is 8.84. The highest BCUT2D eigenvalue weighted by Gasteiger charge is 2.12. The Labute approximate surface area is 138 Å². The lowest BCUT2D eigenvalue weighted by molar-refractivity contribution is -0.113. The van der Waals surface area contributed by atoms with Crippen molar-refractivity contribution in [1.82, 2.24) is 9.36 Å². The summed E-state index contributed by atoms with van der Waals surface area (Å²) in [5.41, 5.74) is 0.0436. The quantitative estimate of drug-likeness (QED) is 0.534. The number of carboxylic acid groups (broad SMARTS) is 1. The molecule has 3 N–H and O–H groups in total. The van der Waals surface area contributed by atoms with E-state index in [-0.39, 0.29) is 23.0 Å². The average Bonchev–Trinajstić information content (AvgIpc) is 2.95. The highest BCUT2D eigenvalue weighted by atomic mass is 32.2. The molecule has 1 aromatic heterocycles. The second-order valence-electron chi connectivity index (χ2n) is 3.92. The van der Waals surface area contributed by atoms with E-state index in [0.717, 1.165) is 0 Å². The summed E-state index contributed by atoms with van der Waals surface area (Å²) in [6.45, 7) is 0. The van der Waals surface area contributed by atoms with Crippen LogP contribution in [0.5, 0.6) is 5.75 Å². The number of hydrogen-bond acceptors (Lipinski definition) is 8. The number of hydrogen-bond donors (Lipinski definition) is 3. The molecule has 22 heavy (non-hydrogen) atoms. The molecule has 0 aliphatic carbocycles. The zero-order valence-electron chi connectivity index (χ0n) is 11.3. The Kier molecular flexibility index (Phi) is 5.63. The summed E-state index contributed by atoms with van der Waals surface area (Å²) >= 11 is 3.90. The second kappa shape index (κ2) is 7.47. The van der Waals surface area contributed by atoms with Crippen LogP contribution in [0.1, 0.15) is 10.4 Å². The lowest BCUT2D eigenvalue weighted by Gasteiger charge is -2.06. The van der Waals surface area contributed by atoms with Gasteiger partial charge in [-0.25, -0.2) is 9.78 Å². The van der Waals surface area contributed by atoms with E-state index in [9.17, 15) is 14.7 Å². The molecule has 7 nitrogen and oxygen atoms in total. The summed E-state index contributed by atoms with van der Waals surface area (Å²) in [6.07, 6.45) is 1.87. The Morgan fingerprint density at radius 2 is 2.18 bits per heavy atom. The zero-order chi connectivity index (χ0) is 16.1. The molecule has 0 atom stereocenters. The molecule has 1 aromatic carbocycles. The molecular formula is C12H11N3O4S3. The molecule has 0 saturated heterocycles. The molecular weight excluding hydrogens is 346 g/mol. The van der Waals surface area contributed by atoms with Crippen molar-refractivity contribution in [1.29, 1.82) is 0 Å². The first kappa shape index (κ1) is 16.6. The van der Waals surface area contributed by atoms with E-state index >= 15 is 0 Å². The van der Waals surface area contributed by atoms with Crippen LogP contribution < -0.4 is 5.32 Å². The molecule has 2 rings (SSSR count). The molecule has 0 fully saturated rings. The molecule has 0 radical (unpaired) electrons. The van der Waals surface area contributed by atoms with Gasteiger partial charge < -0.3 is 15.5 Å². The van der Waals surface area contributed by atoms with E-state index < -0.39 is 5.97 Å². The van der Waals surface area contributed by atoms with Crippen molar-refractivity contribution in [2.24, 2.45) is 0 Å². The number of thioether (sulfide) groups is 2. The summed E-state index contributed by atoms with van der Waals surface area (Å²) in [5.74, 6) is -1.78. The van der Waals surface area contributed by atoms with Crippen LogP contribution in [-0.4, -0.2) is 43.5 Å². The lowest BCUT2D eigenvalue weighted by atomic mass is 10.2. The maximum absolute atomic E-state index is 11.8. The van der Waals surface area contributed by atoms with Gasteiger partial charge in [-0.3, -0.25) is 4.79 Å². The summed E-state index contributed by atoms with van der Waals surface area (Å²) in [5, 5.41) is 21.5. The van der Waals surface area contributed by atoms with Crippen molar-refractivity contribution in [2.45, 2.75) is 9.50 Å². The molecule has 0 aliphatic rings. The molecule has 116 valence electrons. The van der Waals surface area contributed by atoms with Crippen LogP contribution in [0.3, 0.4) is 0 Å². The fourth-order valence-electron chi connectivity index (χ4n) is 1.45. The molecule has 0 bridgehead atoms. The Morgan fingerprint density at radius 3 is 2.82 bits per heavy atom. The third-order valence-corrected chi connectivity index (χ3v) is 4.91. The van der Waals surface area contributed by atoms with Gasteiger partial charge in [0.1, 0.15) is 11.3 Å². The van der Waals surface area contributed by atoms with E-state index in [1.807, 2.05) is 6.26 Å². The van der Waals surface area contributed by atoms with Crippen LogP contribution in [0.25, 0.3) is 0 Å². The molecule has 2 aromatic rings. The van der Waals surface area contributed by atoms with Crippen LogP contribution in [-0.2, 0) is 4.79 Å². The number of carboxylic acids is 1. The fourth-order valence-corrected chi connectivity index (χ4v) is 3.46. The Balaban J connectivity index is 1.94. The van der Waals surface area contributed by atoms with Crippen molar-refractivity contribution < 1.29 is 19.8 Å². The smallest absolute Gasteiger partial charge is 0.339 e. The number of nitrogens with zero attached hydrogens (tertiary/aromatic N) is 2. The third kappa shape index (κ3) is 4.36. The predicted molar refractivity (Wildman–Crippen MR) is 86.1 cm³/mol. The fraction of sp³-hybridized carbons (Fsp3) is 0.167. The highest BCUT2D eigenvalue weighted by Crippen LogP contribution is 2.24. The number of aromatic hydroxyl groups is 1. The molecule has 0 spiro atoms. The van der Waals surface area contributed by atoms with E-state index in [1.54, 1.807) is 0 Å². The average molecular weight is 357 g/mol. The Bertz CT molecular complexity index is 705. The summed E-state index contributed by atoms with van der Waals surface area (Å²) in [6, 6.07) is 3.86. The molecule has 0 aliphatic heterocycles. The third-order valence-electron chi connectivity index (χ3n) is 2.41. The number of aromatic nitrogens is 2. The second-order valence-corrected chi connectivity index (χ2v) is 6.67. The number of benzene rings is 1. The van der Waals surface area contributed by atoms with Gasteiger partial charge in [-0.2, -0.15) is 4.37 Å². The normalized spacial score (nSPS) is 10.4. The van der Waals surface area contributed by atoms with Crippen LogP contribution in [0.15, 0.2) is 27.7 Å². The first-order valence-electron chi connectivity index (χ1n) is 5.86. The molecule has 0 saturated carbocycles. The van der Waals surface area contributed by atoms with Crippen molar-refractivity contribution in [3.63, 3.8) is 0 Å². The van der Waals surface area contributed by atoms with Gasteiger partial charge in [0, 0.05) is 5.69 Å². The van der Waals surface area contributed by atoms with Crippen molar-refractivity contribution in [2.75, 3.05) is 17.3 Å². The number of rotatable bonds is 6. The Morgan fingerprint density at radius 1 is 1.41 bits per heavy atom.